The van der Waals surface area contributed by atoms with Crippen molar-refractivity contribution >= 4 is 0 Å². The number of rotatable bonds is 3. The minimum absolute atomic E-state index is 0.0641. The standard InChI is InChI=1S/C16H23NO/c17-11-16(12-18)10-15(16)8-6-14(7-9-15)13-4-2-1-3-5-13/h1-5,14,18H,6-12,17H2. The van der Waals surface area contributed by atoms with Gasteiger partial charge >= 0.3 is 0 Å². The summed E-state index contributed by atoms with van der Waals surface area (Å²) in [5, 5.41) is 9.58. The van der Waals surface area contributed by atoms with Crippen molar-refractivity contribution in [3.05, 3.63) is 35.9 Å². The van der Waals surface area contributed by atoms with Crippen LogP contribution in [0.25, 0.3) is 0 Å². The molecule has 3 N–H and O–H groups in total. The molecule has 1 aromatic rings. The molecule has 3 rings (SSSR count). The number of hydrogen-bond acceptors (Lipinski definition) is 2. The highest BCUT2D eigenvalue weighted by Crippen LogP contribution is 2.70. The van der Waals surface area contributed by atoms with E-state index < -0.39 is 0 Å². The summed E-state index contributed by atoms with van der Waals surface area (Å²) in [6, 6.07) is 10.8. The Morgan fingerprint density at radius 1 is 1.17 bits per heavy atom. The maximum absolute atomic E-state index is 9.58. The van der Waals surface area contributed by atoms with Gasteiger partial charge in [-0.2, -0.15) is 0 Å². The Labute approximate surface area is 109 Å². The van der Waals surface area contributed by atoms with Crippen molar-refractivity contribution in [2.24, 2.45) is 16.6 Å². The fourth-order valence-corrected chi connectivity index (χ4v) is 4.12. The lowest BCUT2D eigenvalue weighted by Crippen LogP contribution is -2.29. The molecule has 0 aromatic heterocycles. The molecule has 2 heteroatoms. The zero-order chi connectivity index (χ0) is 12.6. The van der Waals surface area contributed by atoms with Crippen molar-refractivity contribution in [2.45, 2.75) is 38.0 Å². The van der Waals surface area contributed by atoms with Crippen molar-refractivity contribution < 1.29 is 5.11 Å². The zero-order valence-electron chi connectivity index (χ0n) is 10.9. The summed E-state index contributed by atoms with van der Waals surface area (Å²) in [5.41, 5.74) is 7.79. The van der Waals surface area contributed by atoms with Gasteiger partial charge in [0.25, 0.3) is 0 Å². The van der Waals surface area contributed by atoms with Gasteiger partial charge in [-0.15, -0.1) is 0 Å². The Balaban J connectivity index is 1.67. The fraction of sp³-hybridized carbons (Fsp3) is 0.625. The molecule has 2 aliphatic rings. The zero-order valence-corrected chi connectivity index (χ0v) is 10.9. The summed E-state index contributed by atoms with van der Waals surface area (Å²) in [6.45, 7) is 0.930. The normalized spacial score (nSPS) is 38.9. The van der Waals surface area contributed by atoms with Crippen molar-refractivity contribution in [3.8, 4) is 0 Å². The summed E-state index contributed by atoms with van der Waals surface area (Å²) < 4.78 is 0. The second-order valence-electron chi connectivity index (χ2n) is 6.28. The molecule has 98 valence electrons. The lowest BCUT2D eigenvalue weighted by atomic mass is 9.73. The molecular weight excluding hydrogens is 222 g/mol. The third kappa shape index (κ3) is 1.70. The summed E-state index contributed by atoms with van der Waals surface area (Å²) in [4.78, 5) is 0. The van der Waals surface area contributed by atoms with Gasteiger partial charge in [0, 0.05) is 12.0 Å². The number of nitrogens with two attached hydrogens (primary N) is 1. The maximum Gasteiger partial charge on any atom is 0.0505 e. The van der Waals surface area contributed by atoms with E-state index in [9.17, 15) is 5.11 Å². The summed E-state index contributed by atoms with van der Waals surface area (Å²) >= 11 is 0. The lowest BCUT2D eigenvalue weighted by Gasteiger charge is -2.32. The maximum atomic E-state index is 9.58. The number of benzene rings is 1. The van der Waals surface area contributed by atoms with Gasteiger partial charge < -0.3 is 10.8 Å². The Kier molecular flexibility index (Phi) is 2.95. The summed E-state index contributed by atoms with van der Waals surface area (Å²) in [5.74, 6) is 0.714. The van der Waals surface area contributed by atoms with Crippen molar-refractivity contribution in [2.75, 3.05) is 13.2 Å². The summed E-state index contributed by atoms with van der Waals surface area (Å²) in [7, 11) is 0. The Morgan fingerprint density at radius 2 is 1.83 bits per heavy atom. The molecule has 0 heterocycles. The van der Waals surface area contributed by atoms with Gasteiger partial charge in [-0.3, -0.25) is 0 Å². The quantitative estimate of drug-likeness (QED) is 0.860. The van der Waals surface area contributed by atoms with Crippen LogP contribution >= 0.6 is 0 Å². The van der Waals surface area contributed by atoms with Crippen LogP contribution < -0.4 is 5.73 Å². The van der Waals surface area contributed by atoms with E-state index in [0.29, 0.717) is 17.9 Å². The van der Waals surface area contributed by atoms with Gasteiger partial charge in [0.15, 0.2) is 0 Å². The van der Waals surface area contributed by atoms with Crippen molar-refractivity contribution in [1.82, 2.24) is 0 Å². The van der Waals surface area contributed by atoms with Gasteiger partial charge in [0.1, 0.15) is 0 Å². The van der Waals surface area contributed by atoms with E-state index in [4.69, 9.17) is 5.73 Å². The largest absolute Gasteiger partial charge is 0.396 e. The molecule has 1 aromatic carbocycles. The monoisotopic (exact) mass is 245 g/mol. The Morgan fingerprint density at radius 3 is 2.33 bits per heavy atom. The van der Waals surface area contributed by atoms with Crippen LogP contribution in [0.3, 0.4) is 0 Å². The van der Waals surface area contributed by atoms with Gasteiger partial charge in [-0.1, -0.05) is 30.3 Å². The van der Waals surface area contributed by atoms with Crippen LogP contribution in [0.15, 0.2) is 30.3 Å². The van der Waals surface area contributed by atoms with Gasteiger partial charge in [-0.25, -0.2) is 0 Å². The van der Waals surface area contributed by atoms with Crippen LogP contribution in [-0.4, -0.2) is 18.3 Å². The van der Waals surface area contributed by atoms with Crippen LogP contribution in [0, 0.1) is 10.8 Å². The topological polar surface area (TPSA) is 46.2 Å². The smallest absolute Gasteiger partial charge is 0.0505 e. The first-order valence-electron chi connectivity index (χ1n) is 7.11. The molecule has 1 unspecified atom stereocenters. The Bertz CT molecular complexity index is 402. The number of hydrogen-bond donors (Lipinski definition) is 2. The highest BCUT2D eigenvalue weighted by Gasteiger charge is 2.65. The molecule has 2 saturated carbocycles. The minimum atomic E-state index is 0.0641. The van der Waals surface area contributed by atoms with Gasteiger partial charge in [0.2, 0.25) is 0 Å². The molecule has 0 amide bonds. The van der Waals surface area contributed by atoms with E-state index >= 15 is 0 Å². The molecule has 2 nitrogen and oxygen atoms in total. The van der Waals surface area contributed by atoms with E-state index in [0.717, 1.165) is 6.42 Å². The predicted molar refractivity (Wildman–Crippen MR) is 73.3 cm³/mol. The van der Waals surface area contributed by atoms with E-state index in [1.807, 2.05) is 0 Å². The third-order valence-electron chi connectivity index (χ3n) is 5.58. The third-order valence-corrected chi connectivity index (χ3v) is 5.58. The van der Waals surface area contributed by atoms with Crippen LogP contribution in [0.5, 0.6) is 0 Å². The fourth-order valence-electron chi connectivity index (χ4n) is 4.12. The molecule has 0 bridgehead atoms. The predicted octanol–water partition coefficient (Wildman–Crippen LogP) is 2.67. The first-order valence-corrected chi connectivity index (χ1v) is 7.11. The molecule has 2 fully saturated rings. The van der Waals surface area contributed by atoms with Gasteiger partial charge in [0.05, 0.1) is 6.61 Å². The summed E-state index contributed by atoms with van der Waals surface area (Å²) in [6.07, 6.45) is 6.14. The molecular formula is C16H23NO. The second kappa shape index (κ2) is 4.36. The first-order chi connectivity index (χ1) is 8.75. The van der Waals surface area contributed by atoms with E-state index in [2.05, 4.69) is 30.3 Å². The average molecular weight is 245 g/mol. The molecule has 0 aliphatic heterocycles. The molecule has 2 aliphatic carbocycles. The van der Waals surface area contributed by atoms with E-state index in [1.165, 1.54) is 31.2 Å². The molecule has 0 saturated heterocycles. The highest BCUT2D eigenvalue weighted by molar-refractivity contribution is 5.23. The highest BCUT2D eigenvalue weighted by atomic mass is 16.3. The molecule has 1 spiro atoms. The Hall–Kier alpha value is -0.860. The molecule has 0 radical (unpaired) electrons. The molecule has 18 heavy (non-hydrogen) atoms. The van der Waals surface area contributed by atoms with Gasteiger partial charge in [-0.05, 0) is 49.0 Å². The van der Waals surface area contributed by atoms with Crippen LogP contribution in [0.2, 0.25) is 0 Å². The second-order valence-corrected chi connectivity index (χ2v) is 6.28. The van der Waals surface area contributed by atoms with Crippen LogP contribution in [0.4, 0.5) is 0 Å². The minimum Gasteiger partial charge on any atom is -0.396 e. The van der Waals surface area contributed by atoms with E-state index in [1.54, 1.807) is 0 Å². The number of aliphatic hydroxyl groups excluding tert-OH is 1. The first kappa shape index (κ1) is 12.2. The van der Waals surface area contributed by atoms with Crippen molar-refractivity contribution in [1.29, 1.82) is 0 Å². The van der Waals surface area contributed by atoms with Crippen LogP contribution in [0.1, 0.15) is 43.6 Å². The lowest BCUT2D eigenvalue weighted by molar-refractivity contribution is 0.147. The SMILES string of the molecule is NCC1(CO)CC12CCC(c1ccccc1)CC2. The number of aliphatic hydroxyl groups is 1. The van der Waals surface area contributed by atoms with Crippen molar-refractivity contribution in [3.63, 3.8) is 0 Å². The average Bonchev–Trinajstić information content (AvgIpc) is 3.08. The van der Waals surface area contributed by atoms with Crippen LogP contribution in [-0.2, 0) is 0 Å². The van der Waals surface area contributed by atoms with E-state index in [-0.39, 0.29) is 12.0 Å². The molecule has 1 atom stereocenters.